The fourth-order valence-corrected chi connectivity index (χ4v) is 6.59. The van der Waals surface area contributed by atoms with E-state index >= 15 is 4.39 Å². The highest BCUT2D eigenvalue weighted by atomic mass is 32.2. The second kappa shape index (κ2) is 8.69. The number of pyridine rings is 1. The number of nitrogens with zero attached hydrogens (tertiary/aromatic N) is 1. The van der Waals surface area contributed by atoms with Crippen LogP contribution in [-0.4, -0.2) is 4.98 Å². The minimum atomic E-state index is -0.333. The van der Waals surface area contributed by atoms with Crippen LogP contribution in [0.25, 0.3) is 54.8 Å². The van der Waals surface area contributed by atoms with Crippen molar-refractivity contribution in [3.63, 3.8) is 0 Å². The third-order valence-electron chi connectivity index (χ3n) is 7.37. The minimum absolute atomic E-state index is 0.333. The van der Waals surface area contributed by atoms with Crippen molar-refractivity contribution in [3.8, 4) is 34.0 Å². The Kier molecular flexibility index (Phi) is 4.97. The van der Waals surface area contributed by atoms with Crippen LogP contribution < -0.4 is 4.74 Å². The number of fused-ring (bicyclic) bond motifs is 8. The fraction of sp³-hybridized carbons (Fsp3) is 0. The van der Waals surface area contributed by atoms with Gasteiger partial charge in [-0.1, -0.05) is 90.6 Å². The van der Waals surface area contributed by atoms with E-state index in [1.807, 2.05) is 48.5 Å². The van der Waals surface area contributed by atoms with E-state index in [1.54, 1.807) is 11.8 Å². The van der Waals surface area contributed by atoms with Gasteiger partial charge in [-0.2, -0.15) is 0 Å². The van der Waals surface area contributed by atoms with Gasteiger partial charge in [-0.3, -0.25) is 0 Å². The molecule has 0 N–H and O–H groups in total. The van der Waals surface area contributed by atoms with Crippen molar-refractivity contribution in [2.75, 3.05) is 0 Å². The van der Waals surface area contributed by atoms with Crippen molar-refractivity contribution in [1.82, 2.24) is 4.98 Å². The highest BCUT2D eigenvalue weighted by Gasteiger charge is 2.22. The Bertz CT molecular complexity index is 2070. The maximum Gasteiger partial charge on any atom is 0.150 e. The number of hydrogen-bond donors (Lipinski definition) is 0. The van der Waals surface area contributed by atoms with Crippen LogP contribution in [0, 0.1) is 5.82 Å². The van der Waals surface area contributed by atoms with Crippen LogP contribution in [0.4, 0.5) is 4.39 Å². The molecular formula is C35H20FNOS. The van der Waals surface area contributed by atoms with Crippen LogP contribution in [-0.2, 0) is 0 Å². The zero-order chi connectivity index (χ0) is 25.9. The molecule has 7 aromatic rings. The molecule has 1 aliphatic heterocycles. The van der Waals surface area contributed by atoms with Gasteiger partial charge in [0.1, 0.15) is 11.6 Å². The average molecular weight is 522 g/mol. The van der Waals surface area contributed by atoms with E-state index in [9.17, 15) is 0 Å². The number of para-hydroxylation sites is 2. The van der Waals surface area contributed by atoms with Gasteiger partial charge in [0.2, 0.25) is 0 Å². The van der Waals surface area contributed by atoms with Gasteiger partial charge in [-0.05, 0) is 62.6 Å². The van der Waals surface area contributed by atoms with Crippen LogP contribution >= 0.6 is 11.8 Å². The van der Waals surface area contributed by atoms with Gasteiger partial charge >= 0.3 is 0 Å². The summed E-state index contributed by atoms with van der Waals surface area (Å²) in [6.45, 7) is 0. The van der Waals surface area contributed by atoms with E-state index in [-0.39, 0.29) is 5.82 Å². The lowest BCUT2D eigenvalue weighted by atomic mass is 9.93. The molecule has 0 bridgehead atoms. The van der Waals surface area contributed by atoms with E-state index < -0.39 is 0 Å². The first kappa shape index (κ1) is 22.3. The van der Waals surface area contributed by atoms with E-state index in [0.29, 0.717) is 17.1 Å². The average Bonchev–Trinajstić information content (AvgIpc) is 2.99. The molecule has 8 rings (SSSR count). The molecule has 0 fully saturated rings. The zero-order valence-corrected chi connectivity index (χ0v) is 21.5. The summed E-state index contributed by atoms with van der Waals surface area (Å²) < 4.78 is 21.5. The summed E-state index contributed by atoms with van der Waals surface area (Å²) in [5.41, 5.74) is 2.78. The van der Waals surface area contributed by atoms with Crippen LogP contribution in [0.3, 0.4) is 0 Å². The predicted molar refractivity (Wildman–Crippen MR) is 158 cm³/mol. The second-order valence-corrected chi connectivity index (χ2v) is 10.8. The summed E-state index contributed by atoms with van der Waals surface area (Å²) in [5, 5.41) is 7.11. The van der Waals surface area contributed by atoms with Gasteiger partial charge in [0.05, 0.1) is 21.2 Å². The van der Waals surface area contributed by atoms with E-state index in [4.69, 9.17) is 9.72 Å². The zero-order valence-electron chi connectivity index (χ0n) is 20.7. The normalized spacial score (nSPS) is 12.3. The fourth-order valence-electron chi connectivity index (χ4n) is 5.60. The largest absolute Gasteiger partial charge is 0.454 e. The Morgan fingerprint density at radius 1 is 0.538 bits per heavy atom. The Morgan fingerprint density at radius 2 is 1.15 bits per heavy atom. The van der Waals surface area contributed by atoms with Crippen molar-refractivity contribution < 1.29 is 9.13 Å². The quantitative estimate of drug-likeness (QED) is 0.211. The SMILES string of the molecule is Fc1cc(-c2ccc3c4ccccc4c4ccccc4c3c2)nc(-c2cccc3c2Oc2ccccc2S3)c1. The Balaban J connectivity index is 1.31. The van der Waals surface area contributed by atoms with Gasteiger partial charge in [0, 0.05) is 23.3 Å². The topological polar surface area (TPSA) is 22.1 Å². The van der Waals surface area contributed by atoms with Crippen LogP contribution in [0.1, 0.15) is 0 Å². The molecule has 1 aromatic heterocycles. The number of benzene rings is 6. The number of ether oxygens (including phenoxy) is 1. The smallest absolute Gasteiger partial charge is 0.150 e. The van der Waals surface area contributed by atoms with Gasteiger partial charge in [-0.25, -0.2) is 9.37 Å². The van der Waals surface area contributed by atoms with E-state index in [2.05, 4.69) is 60.7 Å². The number of hydrogen-bond acceptors (Lipinski definition) is 3. The predicted octanol–water partition coefficient (Wildman–Crippen LogP) is 10.3. The van der Waals surface area contributed by atoms with Crippen molar-refractivity contribution in [2.45, 2.75) is 9.79 Å². The van der Waals surface area contributed by atoms with Crippen molar-refractivity contribution in [1.29, 1.82) is 0 Å². The lowest BCUT2D eigenvalue weighted by Crippen LogP contribution is -1.99. The number of halogens is 1. The van der Waals surface area contributed by atoms with E-state index in [0.717, 1.165) is 32.1 Å². The monoisotopic (exact) mass is 521 g/mol. The standard InChI is InChI=1S/C35H20FNOS/c36-22-19-30(37-31(20-22)28-12-7-15-34-35(28)38-32-13-5-6-14-33(32)39-34)21-16-17-27-25-10-2-1-8-23(25)24-9-3-4-11-26(24)29(27)18-21/h1-20H. The lowest BCUT2D eigenvalue weighted by Gasteiger charge is -2.22. The van der Waals surface area contributed by atoms with Gasteiger partial charge < -0.3 is 4.74 Å². The molecule has 184 valence electrons. The Hall–Kier alpha value is -4.67. The van der Waals surface area contributed by atoms with Gasteiger partial charge in [-0.15, -0.1) is 0 Å². The second-order valence-electron chi connectivity index (χ2n) is 9.69. The summed E-state index contributed by atoms with van der Waals surface area (Å²) in [6.07, 6.45) is 0. The maximum absolute atomic E-state index is 15.2. The molecule has 0 atom stereocenters. The molecule has 4 heteroatoms. The molecule has 0 amide bonds. The Morgan fingerprint density at radius 3 is 1.92 bits per heavy atom. The summed E-state index contributed by atoms with van der Waals surface area (Å²) >= 11 is 1.65. The molecule has 2 heterocycles. The van der Waals surface area contributed by atoms with Crippen LogP contribution in [0.2, 0.25) is 0 Å². The Labute approximate surface area is 228 Å². The summed E-state index contributed by atoms with van der Waals surface area (Å²) in [5.74, 6) is 1.17. The molecule has 0 saturated heterocycles. The first-order chi connectivity index (χ1) is 19.2. The minimum Gasteiger partial charge on any atom is -0.454 e. The molecule has 0 saturated carbocycles. The molecule has 0 radical (unpaired) electrons. The van der Waals surface area contributed by atoms with Crippen molar-refractivity contribution in [3.05, 3.63) is 127 Å². The van der Waals surface area contributed by atoms with Gasteiger partial charge in [0.15, 0.2) is 5.75 Å². The number of aromatic nitrogens is 1. The highest BCUT2D eigenvalue weighted by molar-refractivity contribution is 7.99. The highest BCUT2D eigenvalue weighted by Crippen LogP contribution is 2.50. The van der Waals surface area contributed by atoms with Crippen molar-refractivity contribution >= 4 is 44.1 Å². The van der Waals surface area contributed by atoms with Gasteiger partial charge in [0.25, 0.3) is 0 Å². The third kappa shape index (κ3) is 3.60. The molecule has 39 heavy (non-hydrogen) atoms. The molecule has 6 aromatic carbocycles. The van der Waals surface area contributed by atoms with Crippen LogP contribution in [0.5, 0.6) is 11.5 Å². The summed E-state index contributed by atoms with van der Waals surface area (Å²) in [7, 11) is 0. The first-order valence-corrected chi connectivity index (χ1v) is 13.6. The summed E-state index contributed by atoms with van der Waals surface area (Å²) in [4.78, 5) is 7.01. The molecule has 0 unspecified atom stereocenters. The lowest BCUT2D eigenvalue weighted by molar-refractivity contribution is 0.456. The maximum atomic E-state index is 15.2. The molecule has 0 aliphatic carbocycles. The molecule has 2 nitrogen and oxygen atoms in total. The van der Waals surface area contributed by atoms with Crippen LogP contribution in [0.15, 0.2) is 131 Å². The van der Waals surface area contributed by atoms with Crippen molar-refractivity contribution in [2.24, 2.45) is 0 Å². The first-order valence-electron chi connectivity index (χ1n) is 12.8. The summed E-state index contributed by atoms with van der Waals surface area (Å²) in [6, 6.07) is 40.1. The third-order valence-corrected chi connectivity index (χ3v) is 8.46. The molecular weight excluding hydrogens is 501 g/mol. The molecule has 0 spiro atoms. The number of rotatable bonds is 2. The molecule has 1 aliphatic rings. The van der Waals surface area contributed by atoms with E-state index in [1.165, 1.54) is 39.1 Å².